The number of hydrogen-bond acceptors (Lipinski definition) is 4. The lowest BCUT2D eigenvalue weighted by Crippen LogP contribution is -2.50. The van der Waals surface area contributed by atoms with E-state index < -0.39 is 11.7 Å². The Hall–Kier alpha value is -0.940. The lowest BCUT2D eigenvalue weighted by atomic mass is 9.76. The summed E-state index contributed by atoms with van der Waals surface area (Å²) in [7, 11) is 2.09. The number of rotatable bonds is 7. The van der Waals surface area contributed by atoms with Crippen LogP contribution in [0.1, 0.15) is 31.2 Å². The van der Waals surface area contributed by atoms with Crippen molar-refractivity contribution in [1.29, 1.82) is 0 Å². The largest absolute Gasteiger partial charge is 0.388 e. The second-order valence-electron chi connectivity index (χ2n) is 8.56. The van der Waals surface area contributed by atoms with Crippen molar-refractivity contribution in [3.8, 4) is 0 Å². The number of fused-ring (bicyclic) bond motifs is 1. The van der Waals surface area contributed by atoms with E-state index in [0.717, 1.165) is 68.6 Å². The SMILES string of the molecule is CN(CC1C2CNCC21)CC(O)C(O)(c1ccccc1)C1CCCC1. The molecule has 3 N–H and O–H groups in total. The fourth-order valence-electron chi connectivity index (χ4n) is 5.46. The summed E-state index contributed by atoms with van der Waals surface area (Å²) >= 11 is 0. The number of benzene rings is 1. The van der Waals surface area contributed by atoms with Crippen LogP contribution in [0.2, 0.25) is 0 Å². The highest BCUT2D eigenvalue weighted by atomic mass is 16.3. The summed E-state index contributed by atoms with van der Waals surface area (Å²) in [5.74, 6) is 2.60. The summed E-state index contributed by atoms with van der Waals surface area (Å²) in [6.07, 6.45) is 3.57. The molecule has 3 aliphatic rings. The number of likely N-dealkylation sites (N-methyl/N-ethyl adjacent to an activating group) is 1. The Morgan fingerprint density at radius 1 is 1.16 bits per heavy atom. The number of piperidine rings is 1. The second kappa shape index (κ2) is 6.99. The Balaban J connectivity index is 1.45. The molecule has 2 saturated carbocycles. The summed E-state index contributed by atoms with van der Waals surface area (Å²) in [6.45, 7) is 3.87. The van der Waals surface area contributed by atoms with Crippen molar-refractivity contribution in [1.82, 2.24) is 10.2 Å². The fourth-order valence-corrected chi connectivity index (χ4v) is 5.46. The predicted octanol–water partition coefficient (Wildman–Crippen LogP) is 1.82. The summed E-state index contributed by atoms with van der Waals surface area (Å²) in [4.78, 5) is 2.23. The van der Waals surface area contributed by atoms with Gasteiger partial charge in [-0.15, -0.1) is 0 Å². The molecule has 1 aromatic carbocycles. The van der Waals surface area contributed by atoms with E-state index in [0.29, 0.717) is 6.54 Å². The third-order valence-electron chi connectivity index (χ3n) is 7.00. The zero-order valence-electron chi connectivity index (χ0n) is 15.3. The lowest BCUT2D eigenvalue weighted by Gasteiger charge is -2.40. The molecule has 0 spiro atoms. The quantitative estimate of drug-likeness (QED) is 0.706. The van der Waals surface area contributed by atoms with Gasteiger partial charge in [0.2, 0.25) is 0 Å². The standard InChI is InChI=1S/C21H32N2O2/c1-23(13-19-17-11-22-12-18(17)19)14-20(24)21(25,16-9-5-6-10-16)15-7-3-2-4-8-15/h2-4,7-8,16-20,22,24-25H,5-6,9-14H2,1H3. The number of nitrogens with one attached hydrogen (secondary N) is 1. The van der Waals surface area contributed by atoms with Gasteiger partial charge in [-0.25, -0.2) is 0 Å². The average molecular weight is 344 g/mol. The van der Waals surface area contributed by atoms with Crippen LogP contribution in [-0.2, 0) is 5.60 Å². The van der Waals surface area contributed by atoms with Crippen LogP contribution in [0.4, 0.5) is 0 Å². The minimum Gasteiger partial charge on any atom is -0.388 e. The predicted molar refractivity (Wildman–Crippen MR) is 99.1 cm³/mol. The van der Waals surface area contributed by atoms with Gasteiger partial charge < -0.3 is 20.4 Å². The van der Waals surface area contributed by atoms with Crippen molar-refractivity contribution in [2.24, 2.45) is 23.7 Å². The molecule has 4 heteroatoms. The summed E-state index contributed by atoms with van der Waals surface area (Å²) in [5.41, 5.74) is -0.261. The monoisotopic (exact) mass is 344 g/mol. The van der Waals surface area contributed by atoms with Gasteiger partial charge in [0, 0.05) is 13.1 Å². The molecule has 0 radical (unpaired) electrons. The maximum atomic E-state index is 11.6. The van der Waals surface area contributed by atoms with E-state index in [9.17, 15) is 10.2 Å². The number of aliphatic hydroxyl groups is 2. The minimum atomic E-state index is -1.13. The van der Waals surface area contributed by atoms with E-state index in [1.54, 1.807) is 0 Å². The molecule has 1 heterocycles. The first-order chi connectivity index (χ1) is 12.1. The first-order valence-corrected chi connectivity index (χ1v) is 9.96. The topological polar surface area (TPSA) is 55.7 Å². The lowest BCUT2D eigenvalue weighted by molar-refractivity contribution is -0.127. The van der Waals surface area contributed by atoms with Gasteiger partial charge in [0.25, 0.3) is 0 Å². The minimum absolute atomic E-state index is 0.155. The van der Waals surface area contributed by atoms with E-state index in [4.69, 9.17) is 0 Å². The third kappa shape index (κ3) is 3.25. The molecule has 138 valence electrons. The van der Waals surface area contributed by atoms with Gasteiger partial charge in [0.1, 0.15) is 5.60 Å². The normalized spacial score (nSPS) is 32.6. The molecule has 4 atom stereocenters. The van der Waals surface area contributed by atoms with Crippen molar-refractivity contribution in [3.05, 3.63) is 35.9 Å². The fraction of sp³-hybridized carbons (Fsp3) is 0.714. The van der Waals surface area contributed by atoms with E-state index in [1.165, 1.54) is 0 Å². The number of aliphatic hydroxyl groups excluding tert-OH is 1. The van der Waals surface area contributed by atoms with Crippen molar-refractivity contribution < 1.29 is 10.2 Å². The summed E-state index contributed by atoms with van der Waals surface area (Å²) in [6, 6.07) is 9.84. The van der Waals surface area contributed by atoms with Crippen molar-refractivity contribution >= 4 is 0 Å². The zero-order chi connectivity index (χ0) is 17.4. The highest BCUT2D eigenvalue weighted by molar-refractivity contribution is 5.25. The van der Waals surface area contributed by atoms with E-state index in [1.807, 2.05) is 30.3 Å². The van der Waals surface area contributed by atoms with Crippen LogP contribution < -0.4 is 5.32 Å². The average Bonchev–Trinajstić information content (AvgIpc) is 3.09. The van der Waals surface area contributed by atoms with Gasteiger partial charge in [-0.05, 0) is 62.2 Å². The highest BCUT2D eigenvalue weighted by Crippen LogP contribution is 2.49. The van der Waals surface area contributed by atoms with E-state index in [2.05, 4.69) is 17.3 Å². The Morgan fingerprint density at radius 2 is 1.80 bits per heavy atom. The van der Waals surface area contributed by atoms with Crippen LogP contribution in [0, 0.1) is 23.7 Å². The van der Waals surface area contributed by atoms with Crippen LogP contribution >= 0.6 is 0 Å². The molecular weight excluding hydrogens is 312 g/mol. The Labute approximate surface area is 151 Å². The molecule has 25 heavy (non-hydrogen) atoms. The molecule has 0 aromatic heterocycles. The number of hydrogen-bond donors (Lipinski definition) is 3. The van der Waals surface area contributed by atoms with Gasteiger partial charge in [-0.2, -0.15) is 0 Å². The van der Waals surface area contributed by atoms with E-state index >= 15 is 0 Å². The molecule has 2 aliphatic carbocycles. The smallest absolute Gasteiger partial charge is 0.119 e. The van der Waals surface area contributed by atoms with Gasteiger partial charge in [0.05, 0.1) is 6.10 Å². The molecule has 1 aliphatic heterocycles. The summed E-state index contributed by atoms with van der Waals surface area (Å²) < 4.78 is 0. The molecule has 4 nitrogen and oxygen atoms in total. The Kier molecular flexibility index (Phi) is 4.89. The van der Waals surface area contributed by atoms with Crippen LogP contribution in [0.3, 0.4) is 0 Å². The number of nitrogens with zero attached hydrogens (tertiary/aromatic N) is 1. The zero-order valence-corrected chi connectivity index (χ0v) is 15.3. The van der Waals surface area contributed by atoms with Crippen molar-refractivity contribution in [2.45, 2.75) is 37.4 Å². The van der Waals surface area contributed by atoms with E-state index in [-0.39, 0.29) is 5.92 Å². The Bertz CT molecular complexity index is 565. The maximum absolute atomic E-state index is 11.6. The van der Waals surface area contributed by atoms with Crippen molar-refractivity contribution in [3.63, 3.8) is 0 Å². The first-order valence-electron chi connectivity index (χ1n) is 9.96. The second-order valence-corrected chi connectivity index (χ2v) is 8.56. The maximum Gasteiger partial charge on any atom is 0.119 e. The highest BCUT2D eigenvalue weighted by Gasteiger charge is 2.53. The van der Waals surface area contributed by atoms with Gasteiger partial charge in [0.15, 0.2) is 0 Å². The molecule has 0 bridgehead atoms. The molecule has 4 unspecified atom stereocenters. The van der Waals surface area contributed by atoms with Crippen molar-refractivity contribution in [2.75, 3.05) is 33.2 Å². The van der Waals surface area contributed by atoms with Crippen LogP contribution in [0.15, 0.2) is 30.3 Å². The van der Waals surface area contributed by atoms with Crippen LogP contribution in [-0.4, -0.2) is 54.4 Å². The first kappa shape index (κ1) is 17.5. The molecule has 3 fully saturated rings. The molecule has 1 aromatic rings. The van der Waals surface area contributed by atoms with Gasteiger partial charge >= 0.3 is 0 Å². The van der Waals surface area contributed by atoms with Gasteiger partial charge in [-0.3, -0.25) is 0 Å². The molecular formula is C21H32N2O2. The third-order valence-corrected chi connectivity index (χ3v) is 7.00. The Morgan fingerprint density at radius 3 is 2.44 bits per heavy atom. The summed E-state index contributed by atoms with van der Waals surface area (Å²) in [5, 5.41) is 26.1. The molecule has 1 saturated heterocycles. The van der Waals surface area contributed by atoms with Gasteiger partial charge in [-0.1, -0.05) is 43.2 Å². The van der Waals surface area contributed by atoms with Crippen LogP contribution in [0.5, 0.6) is 0 Å². The molecule has 0 amide bonds. The van der Waals surface area contributed by atoms with Crippen LogP contribution in [0.25, 0.3) is 0 Å². The molecule has 4 rings (SSSR count).